The van der Waals surface area contributed by atoms with Crippen molar-refractivity contribution in [2.24, 2.45) is 0 Å². The lowest BCUT2D eigenvalue weighted by Gasteiger charge is -2.26. The van der Waals surface area contributed by atoms with Gasteiger partial charge in [0.2, 0.25) is 0 Å². The van der Waals surface area contributed by atoms with Crippen LogP contribution < -0.4 is 0 Å². The lowest BCUT2D eigenvalue weighted by molar-refractivity contribution is -0.137. The molecule has 1 aliphatic rings. The van der Waals surface area contributed by atoms with Gasteiger partial charge in [-0.3, -0.25) is 4.90 Å². The maximum absolute atomic E-state index is 13.8. The number of likely N-dealkylation sites (tertiary alicyclic amines) is 1. The fourth-order valence-corrected chi connectivity index (χ4v) is 6.42. The molecule has 2 heterocycles. The van der Waals surface area contributed by atoms with Gasteiger partial charge in [0.1, 0.15) is 0 Å². The predicted octanol–water partition coefficient (Wildman–Crippen LogP) is 6.54. The van der Waals surface area contributed by atoms with Crippen LogP contribution in [0.1, 0.15) is 41.3 Å². The molecule has 35 heavy (non-hydrogen) atoms. The smallest absolute Gasteiger partial charge is 0.291 e. The molecule has 8 heteroatoms. The van der Waals surface area contributed by atoms with Crippen molar-refractivity contribution >= 4 is 20.9 Å². The molecule has 0 spiro atoms. The maximum Gasteiger partial charge on any atom is 0.416 e. The third-order valence-corrected chi connectivity index (χ3v) is 8.38. The van der Waals surface area contributed by atoms with Crippen molar-refractivity contribution in [1.29, 1.82) is 0 Å². The van der Waals surface area contributed by atoms with Crippen LogP contribution in [0, 0.1) is 6.92 Å². The first-order valence-electron chi connectivity index (χ1n) is 11.5. The summed E-state index contributed by atoms with van der Waals surface area (Å²) in [5.74, 6) is 0. The van der Waals surface area contributed by atoms with Crippen LogP contribution >= 0.6 is 0 Å². The molecule has 4 aromatic rings. The van der Waals surface area contributed by atoms with Crippen molar-refractivity contribution in [1.82, 2.24) is 8.87 Å². The molecule has 3 aromatic carbocycles. The molecule has 0 radical (unpaired) electrons. The lowest BCUT2D eigenvalue weighted by Crippen LogP contribution is -2.26. The Morgan fingerprint density at radius 3 is 2.31 bits per heavy atom. The van der Waals surface area contributed by atoms with Crippen molar-refractivity contribution in [2.45, 2.75) is 43.4 Å². The summed E-state index contributed by atoms with van der Waals surface area (Å²) in [6.07, 6.45) is -2.74. The zero-order chi connectivity index (χ0) is 24.8. The second kappa shape index (κ2) is 8.84. The monoisotopic (exact) mass is 498 g/mol. The Morgan fingerprint density at radius 1 is 0.943 bits per heavy atom. The minimum Gasteiger partial charge on any atom is -0.291 e. The van der Waals surface area contributed by atoms with Gasteiger partial charge in [-0.15, -0.1) is 0 Å². The average Bonchev–Trinajstić information content (AvgIpc) is 3.43. The van der Waals surface area contributed by atoms with E-state index in [-0.39, 0.29) is 10.9 Å². The van der Waals surface area contributed by atoms with Crippen LogP contribution in [-0.4, -0.2) is 23.8 Å². The molecule has 182 valence electrons. The Hall–Kier alpha value is -3.10. The van der Waals surface area contributed by atoms with E-state index in [1.807, 2.05) is 31.2 Å². The number of halogens is 3. The highest BCUT2D eigenvalue weighted by atomic mass is 32.2. The van der Waals surface area contributed by atoms with E-state index in [0.717, 1.165) is 48.0 Å². The third kappa shape index (κ3) is 4.48. The van der Waals surface area contributed by atoms with Gasteiger partial charge in [-0.25, -0.2) is 12.4 Å². The third-order valence-electron chi connectivity index (χ3n) is 6.62. The van der Waals surface area contributed by atoms with E-state index >= 15 is 0 Å². The fourth-order valence-electron chi connectivity index (χ4n) is 4.85. The molecule has 0 N–H and O–H groups in total. The molecule has 1 aromatic heterocycles. The van der Waals surface area contributed by atoms with Gasteiger partial charge in [0, 0.05) is 11.9 Å². The summed E-state index contributed by atoms with van der Waals surface area (Å²) >= 11 is 0. The van der Waals surface area contributed by atoms with Crippen LogP contribution in [0.3, 0.4) is 0 Å². The number of rotatable bonds is 5. The minimum atomic E-state index is -4.38. The highest BCUT2D eigenvalue weighted by Gasteiger charge is 2.34. The molecule has 0 saturated carbocycles. The normalized spacial score (nSPS) is 17.3. The van der Waals surface area contributed by atoms with Gasteiger partial charge in [0.25, 0.3) is 10.0 Å². The van der Waals surface area contributed by atoms with Crippen molar-refractivity contribution in [3.05, 3.63) is 101 Å². The number of aromatic nitrogens is 1. The van der Waals surface area contributed by atoms with E-state index in [1.165, 1.54) is 16.1 Å². The first-order valence-corrected chi connectivity index (χ1v) is 12.9. The number of benzene rings is 3. The summed E-state index contributed by atoms with van der Waals surface area (Å²) in [5, 5.41) is 0.833. The second-order valence-electron chi connectivity index (χ2n) is 9.03. The van der Waals surface area contributed by atoms with Crippen molar-refractivity contribution < 1.29 is 21.6 Å². The maximum atomic E-state index is 13.8. The van der Waals surface area contributed by atoms with Gasteiger partial charge in [0.15, 0.2) is 0 Å². The molecule has 0 amide bonds. The fraction of sp³-hybridized carbons (Fsp3) is 0.259. The van der Waals surface area contributed by atoms with Crippen molar-refractivity contribution in [3.8, 4) is 0 Å². The van der Waals surface area contributed by atoms with Crippen molar-refractivity contribution in [3.63, 3.8) is 0 Å². The lowest BCUT2D eigenvalue weighted by atomic mass is 10.1. The van der Waals surface area contributed by atoms with Crippen LogP contribution in [0.5, 0.6) is 0 Å². The summed E-state index contributed by atoms with van der Waals surface area (Å²) in [4.78, 5) is 2.37. The standard InChI is InChI=1S/C27H25F3N2O2S/c1-19-8-14-23(15-9-19)35(33,34)32-24-6-3-2-5-21(24)17-26(32)25-7-4-16-31(25)18-20-10-12-22(13-11-20)27(28,29)30/h2-3,5-6,8-15,17,25H,4,7,16,18H2,1H3. The summed E-state index contributed by atoms with van der Waals surface area (Å²) in [6.45, 7) is 3.08. The van der Waals surface area contributed by atoms with E-state index in [1.54, 1.807) is 30.3 Å². The number of hydrogen-bond donors (Lipinski definition) is 0. The second-order valence-corrected chi connectivity index (χ2v) is 10.8. The molecule has 0 bridgehead atoms. The van der Waals surface area contributed by atoms with Crippen LogP contribution in [0.15, 0.2) is 83.8 Å². The molecule has 1 saturated heterocycles. The van der Waals surface area contributed by atoms with Gasteiger partial charge < -0.3 is 0 Å². The zero-order valence-corrected chi connectivity index (χ0v) is 20.0. The summed E-state index contributed by atoms with van der Waals surface area (Å²) in [7, 11) is -3.86. The summed E-state index contributed by atoms with van der Waals surface area (Å²) < 4.78 is 68.0. The molecular weight excluding hydrogens is 473 g/mol. The molecule has 5 rings (SSSR count). The number of alkyl halides is 3. The highest BCUT2D eigenvalue weighted by molar-refractivity contribution is 7.90. The Labute approximate surface area is 202 Å². The average molecular weight is 499 g/mol. The number of nitrogens with zero attached hydrogens (tertiary/aromatic N) is 2. The number of fused-ring (bicyclic) bond motifs is 1. The van der Waals surface area contributed by atoms with Crippen LogP contribution in [-0.2, 0) is 22.7 Å². The van der Waals surface area contributed by atoms with Gasteiger partial charge in [0.05, 0.1) is 27.7 Å². The molecule has 1 fully saturated rings. The van der Waals surface area contributed by atoms with Crippen molar-refractivity contribution in [2.75, 3.05) is 6.54 Å². The Balaban J connectivity index is 1.54. The van der Waals surface area contributed by atoms with Gasteiger partial charge in [-0.05, 0) is 68.3 Å². The summed E-state index contributed by atoms with van der Waals surface area (Å²) in [6, 6.07) is 21.2. The zero-order valence-electron chi connectivity index (χ0n) is 19.2. The SMILES string of the molecule is Cc1ccc(S(=O)(=O)n2c(C3CCCN3Cc3ccc(C(F)(F)F)cc3)cc3ccccc32)cc1. The van der Waals surface area contributed by atoms with Crippen LogP contribution in [0.2, 0.25) is 0 Å². The Morgan fingerprint density at radius 2 is 1.63 bits per heavy atom. The van der Waals surface area contributed by atoms with Crippen LogP contribution in [0.25, 0.3) is 10.9 Å². The van der Waals surface area contributed by atoms with Gasteiger partial charge >= 0.3 is 6.18 Å². The van der Waals surface area contributed by atoms with E-state index in [9.17, 15) is 21.6 Å². The summed E-state index contributed by atoms with van der Waals surface area (Å²) in [5.41, 5.74) is 2.35. The molecule has 0 aliphatic carbocycles. The predicted molar refractivity (Wildman–Crippen MR) is 130 cm³/mol. The quantitative estimate of drug-likeness (QED) is 0.314. The highest BCUT2D eigenvalue weighted by Crippen LogP contribution is 2.38. The van der Waals surface area contributed by atoms with E-state index < -0.39 is 21.8 Å². The van der Waals surface area contributed by atoms with E-state index in [0.29, 0.717) is 17.8 Å². The minimum absolute atomic E-state index is 0.176. The van der Waals surface area contributed by atoms with E-state index in [2.05, 4.69) is 4.90 Å². The molecule has 4 nitrogen and oxygen atoms in total. The number of hydrogen-bond acceptors (Lipinski definition) is 3. The van der Waals surface area contributed by atoms with Gasteiger partial charge in [-0.1, -0.05) is 48.0 Å². The molecular formula is C27H25F3N2O2S. The molecule has 1 aliphatic heterocycles. The topological polar surface area (TPSA) is 42.3 Å². The van der Waals surface area contributed by atoms with Gasteiger partial charge in [-0.2, -0.15) is 13.2 Å². The first kappa shape index (κ1) is 23.6. The van der Waals surface area contributed by atoms with Crippen LogP contribution in [0.4, 0.5) is 13.2 Å². The first-order chi connectivity index (χ1) is 16.6. The van der Waals surface area contributed by atoms with E-state index in [4.69, 9.17) is 0 Å². The number of para-hydroxylation sites is 1. The molecule has 1 unspecified atom stereocenters. The number of aryl methyl sites for hydroxylation is 1. The largest absolute Gasteiger partial charge is 0.416 e. The molecule has 1 atom stereocenters. The Kier molecular flexibility index (Phi) is 5.97. The Bertz CT molecular complexity index is 1460.